The Hall–Kier alpha value is -3.06. The number of nitrogens with zero attached hydrogens (tertiary/aromatic N) is 3. The minimum atomic E-state index is -0.156. The lowest BCUT2D eigenvalue weighted by molar-refractivity contribution is -0.124. The second-order valence-corrected chi connectivity index (χ2v) is 11.2. The van der Waals surface area contributed by atoms with Gasteiger partial charge in [0.2, 0.25) is 5.91 Å². The van der Waals surface area contributed by atoms with Gasteiger partial charge in [-0.1, -0.05) is 38.8 Å². The Kier molecular flexibility index (Phi) is 8.22. The zero-order valence-corrected chi connectivity index (χ0v) is 22.8. The number of unbranched alkanes of at least 4 members (excludes halogenated alkanes) is 2. The molecule has 0 radical (unpaired) electrons. The Balaban J connectivity index is 1.26. The van der Waals surface area contributed by atoms with Gasteiger partial charge in [0.1, 0.15) is 11.6 Å². The number of nitrogens with one attached hydrogen (secondary N) is 2. The third-order valence-corrected chi connectivity index (χ3v) is 8.84. The number of fused-ring (bicyclic) bond motifs is 1. The number of H-pyrrole nitrogens is 1. The van der Waals surface area contributed by atoms with Crippen molar-refractivity contribution in [2.75, 3.05) is 19.6 Å². The van der Waals surface area contributed by atoms with Gasteiger partial charge in [0.15, 0.2) is 0 Å². The summed E-state index contributed by atoms with van der Waals surface area (Å²) in [5.74, 6) is 1.43. The number of Topliss-reactive ketones (excluding diaryl/α,β-unsaturated/α-hetero) is 1. The lowest BCUT2D eigenvalue weighted by Gasteiger charge is -2.32. The molecule has 1 aromatic carbocycles. The van der Waals surface area contributed by atoms with E-state index in [0.717, 1.165) is 92.4 Å². The van der Waals surface area contributed by atoms with Crippen LogP contribution in [0.15, 0.2) is 42.9 Å². The monoisotopic (exact) mass is 515 g/mol. The van der Waals surface area contributed by atoms with Crippen molar-refractivity contribution in [2.45, 2.75) is 77.7 Å². The molecule has 7 nitrogen and oxygen atoms in total. The van der Waals surface area contributed by atoms with Gasteiger partial charge in [0.05, 0.1) is 17.9 Å². The van der Waals surface area contributed by atoms with E-state index in [1.165, 1.54) is 0 Å². The summed E-state index contributed by atoms with van der Waals surface area (Å²) in [6.45, 7) is 7.43. The third-order valence-electron chi connectivity index (χ3n) is 8.84. The van der Waals surface area contributed by atoms with Gasteiger partial charge >= 0.3 is 0 Å². The topological polar surface area (TPSA) is 91.0 Å². The summed E-state index contributed by atoms with van der Waals surface area (Å²) < 4.78 is 0. The van der Waals surface area contributed by atoms with E-state index < -0.39 is 0 Å². The maximum Gasteiger partial charge on any atom is 0.224 e. The average molecular weight is 516 g/mol. The molecule has 1 saturated carbocycles. The molecule has 2 atom stereocenters. The molecule has 38 heavy (non-hydrogen) atoms. The van der Waals surface area contributed by atoms with E-state index in [-0.39, 0.29) is 23.3 Å². The van der Waals surface area contributed by atoms with Gasteiger partial charge in [-0.15, -0.1) is 0 Å². The van der Waals surface area contributed by atoms with Crippen molar-refractivity contribution in [3.8, 4) is 11.3 Å². The zero-order chi connectivity index (χ0) is 26.5. The summed E-state index contributed by atoms with van der Waals surface area (Å²) in [6.07, 6.45) is 13.7. The first-order valence-electron chi connectivity index (χ1n) is 14.4. The number of carbonyl (C=O) groups is 2. The molecule has 3 heterocycles. The molecule has 202 valence electrons. The number of carbonyl (C=O) groups excluding carboxylic acids is 2. The van der Waals surface area contributed by atoms with Crippen LogP contribution >= 0.6 is 0 Å². The summed E-state index contributed by atoms with van der Waals surface area (Å²) in [4.78, 5) is 40.0. The fourth-order valence-electron chi connectivity index (χ4n) is 6.07. The van der Waals surface area contributed by atoms with Crippen LogP contribution in [0.1, 0.15) is 83.5 Å². The van der Waals surface area contributed by atoms with Crippen LogP contribution in [0.2, 0.25) is 0 Å². The highest BCUT2D eigenvalue weighted by atomic mass is 16.2. The molecule has 2 N–H and O–H groups in total. The number of ketones is 1. The largest absolute Gasteiger partial charge is 0.346 e. The van der Waals surface area contributed by atoms with Crippen molar-refractivity contribution in [3.63, 3.8) is 0 Å². The first-order valence-corrected chi connectivity index (χ1v) is 14.4. The average Bonchev–Trinajstić information content (AvgIpc) is 3.42. The molecule has 2 fully saturated rings. The molecule has 2 aromatic heterocycles. The molecule has 5 rings (SSSR count). The predicted molar refractivity (Wildman–Crippen MR) is 150 cm³/mol. The van der Waals surface area contributed by atoms with E-state index >= 15 is 0 Å². The van der Waals surface area contributed by atoms with Crippen LogP contribution < -0.4 is 5.32 Å². The number of likely N-dealkylation sites (tertiary alicyclic amines) is 1. The van der Waals surface area contributed by atoms with Crippen LogP contribution in [0, 0.1) is 11.3 Å². The van der Waals surface area contributed by atoms with Crippen LogP contribution in [-0.4, -0.2) is 51.2 Å². The van der Waals surface area contributed by atoms with Gasteiger partial charge in [-0.2, -0.15) is 0 Å². The van der Waals surface area contributed by atoms with Crippen LogP contribution in [0.3, 0.4) is 0 Å². The Bertz CT molecular complexity index is 1260. The molecule has 2 aliphatic rings. The Morgan fingerprint density at radius 2 is 1.95 bits per heavy atom. The highest BCUT2D eigenvalue weighted by Gasteiger charge is 2.58. The van der Waals surface area contributed by atoms with Crippen molar-refractivity contribution in [1.29, 1.82) is 0 Å². The molecular weight excluding hydrogens is 474 g/mol. The van der Waals surface area contributed by atoms with Crippen molar-refractivity contribution < 1.29 is 9.59 Å². The van der Waals surface area contributed by atoms with Crippen molar-refractivity contribution in [3.05, 3.63) is 48.7 Å². The van der Waals surface area contributed by atoms with Crippen molar-refractivity contribution in [1.82, 2.24) is 25.2 Å². The zero-order valence-electron chi connectivity index (χ0n) is 22.8. The maximum absolute atomic E-state index is 13.4. The highest BCUT2D eigenvalue weighted by molar-refractivity contribution is 5.86. The highest BCUT2D eigenvalue weighted by Crippen LogP contribution is 2.59. The van der Waals surface area contributed by atoms with Gasteiger partial charge in [0, 0.05) is 42.1 Å². The normalized spacial score (nSPS) is 19.5. The second kappa shape index (κ2) is 11.8. The van der Waals surface area contributed by atoms with Crippen LogP contribution in [0.25, 0.3) is 22.0 Å². The Morgan fingerprint density at radius 3 is 2.74 bits per heavy atom. The first-order chi connectivity index (χ1) is 18.5. The molecule has 3 aromatic rings. The standard InChI is InChI=1S/C31H41N5O2/c1-3-25(37)8-6-5-7-9-27(35-30(38)26-19-31(26)13-16-36(4-2)17-14-31)29-33-21-28(34-29)23-10-11-24-20-32-15-12-22(24)18-23/h10-12,15,18,20-21,26-27H,3-9,13-14,16-17,19H2,1-2H3,(H,33,34)(H,35,38)/t26-,27+/m1/s1. The van der Waals surface area contributed by atoms with E-state index in [1.807, 2.05) is 25.4 Å². The Morgan fingerprint density at radius 1 is 1.11 bits per heavy atom. The van der Waals surface area contributed by atoms with Crippen LogP contribution in [0.5, 0.6) is 0 Å². The van der Waals surface area contributed by atoms with E-state index in [4.69, 9.17) is 4.98 Å². The molecule has 1 aliphatic carbocycles. The SMILES string of the molecule is CCC(=O)CCCCC[C@H](NC(=O)[C@H]1CC12CCN(CC)CC2)c1ncc(-c2ccc3cnccc3c2)[nH]1. The molecular formula is C31H41N5O2. The summed E-state index contributed by atoms with van der Waals surface area (Å²) >= 11 is 0. The molecule has 1 saturated heterocycles. The number of amides is 1. The quantitative estimate of drug-likeness (QED) is 0.296. The summed E-state index contributed by atoms with van der Waals surface area (Å²) in [5.41, 5.74) is 2.21. The van der Waals surface area contributed by atoms with Crippen LogP contribution in [0.4, 0.5) is 0 Å². The van der Waals surface area contributed by atoms with Gasteiger partial charge < -0.3 is 15.2 Å². The summed E-state index contributed by atoms with van der Waals surface area (Å²) in [7, 11) is 0. The second-order valence-electron chi connectivity index (χ2n) is 11.2. The minimum absolute atomic E-state index is 0.120. The number of imidazole rings is 1. The predicted octanol–water partition coefficient (Wildman–Crippen LogP) is 5.83. The lowest BCUT2D eigenvalue weighted by atomic mass is 9.90. The molecule has 1 spiro atoms. The van der Waals surface area contributed by atoms with Gasteiger partial charge in [-0.25, -0.2) is 4.98 Å². The van der Waals surface area contributed by atoms with Gasteiger partial charge in [-0.05, 0) is 74.7 Å². The lowest BCUT2D eigenvalue weighted by Crippen LogP contribution is -2.37. The number of piperidine rings is 1. The fraction of sp³-hybridized carbons (Fsp3) is 0.548. The first kappa shape index (κ1) is 26.5. The van der Waals surface area contributed by atoms with Crippen molar-refractivity contribution >= 4 is 22.5 Å². The number of benzene rings is 1. The van der Waals surface area contributed by atoms with E-state index in [1.54, 1.807) is 6.20 Å². The molecule has 1 amide bonds. The number of aromatic amines is 1. The maximum atomic E-state index is 13.4. The number of hydrogen-bond donors (Lipinski definition) is 2. The molecule has 0 bridgehead atoms. The fourth-order valence-corrected chi connectivity index (χ4v) is 6.07. The minimum Gasteiger partial charge on any atom is -0.346 e. The van der Waals surface area contributed by atoms with E-state index in [2.05, 4.69) is 45.3 Å². The van der Waals surface area contributed by atoms with Crippen molar-refractivity contribution in [2.24, 2.45) is 11.3 Å². The molecule has 7 heteroatoms. The van der Waals surface area contributed by atoms with E-state index in [9.17, 15) is 9.59 Å². The van der Waals surface area contributed by atoms with Gasteiger partial charge in [0.25, 0.3) is 0 Å². The Labute approximate surface area is 225 Å². The van der Waals surface area contributed by atoms with Crippen LogP contribution in [-0.2, 0) is 9.59 Å². The van der Waals surface area contributed by atoms with Gasteiger partial charge in [-0.3, -0.25) is 14.6 Å². The number of hydrogen-bond acceptors (Lipinski definition) is 5. The molecule has 1 aliphatic heterocycles. The number of aromatic nitrogens is 3. The van der Waals surface area contributed by atoms with E-state index in [0.29, 0.717) is 18.6 Å². The summed E-state index contributed by atoms with van der Waals surface area (Å²) in [6, 6.07) is 8.15. The smallest absolute Gasteiger partial charge is 0.224 e. The molecule has 0 unspecified atom stereocenters. The number of pyridine rings is 1. The summed E-state index contributed by atoms with van der Waals surface area (Å²) in [5, 5.41) is 5.61. The number of rotatable bonds is 12. The third kappa shape index (κ3) is 5.98.